The van der Waals surface area contributed by atoms with Crippen molar-refractivity contribution in [2.24, 2.45) is 0 Å². The van der Waals surface area contributed by atoms with E-state index in [4.69, 9.17) is 16.7 Å². The molecule has 1 fully saturated rings. The molecule has 0 aliphatic carbocycles. The van der Waals surface area contributed by atoms with Crippen LogP contribution in [0.15, 0.2) is 30.5 Å². The Hall–Kier alpha value is -1.85. The van der Waals surface area contributed by atoms with Crippen molar-refractivity contribution in [2.75, 3.05) is 6.54 Å². The van der Waals surface area contributed by atoms with Crippen LogP contribution in [0.5, 0.6) is 0 Å². The number of para-hydroxylation sites is 1. The van der Waals surface area contributed by atoms with E-state index in [0.29, 0.717) is 18.0 Å². The molecule has 2 heterocycles. The number of rotatable bonds is 4. The molecule has 26 heavy (non-hydrogen) atoms. The molecule has 1 aromatic carbocycles. The molecule has 1 atom stereocenters. The first-order valence-corrected chi connectivity index (χ1v) is 9.46. The summed E-state index contributed by atoms with van der Waals surface area (Å²) < 4.78 is 1.82. The van der Waals surface area contributed by atoms with Gasteiger partial charge in [0.2, 0.25) is 0 Å². The van der Waals surface area contributed by atoms with Crippen molar-refractivity contribution in [3.05, 3.63) is 46.7 Å². The molecule has 0 spiro atoms. The van der Waals surface area contributed by atoms with E-state index in [1.54, 1.807) is 0 Å². The highest BCUT2D eigenvalue weighted by Crippen LogP contribution is 2.30. The number of benzene rings is 1. The Labute approximate surface area is 159 Å². The molecule has 5 nitrogen and oxygen atoms in total. The number of aromatic nitrogens is 2. The summed E-state index contributed by atoms with van der Waals surface area (Å²) in [6.45, 7) is 7.77. The van der Waals surface area contributed by atoms with Gasteiger partial charge in [0, 0.05) is 23.7 Å². The Bertz CT molecular complexity index is 795. The van der Waals surface area contributed by atoms with Crippen molar-refractivity contribution >= 4 is 17.6 Å². The second kappa shape index (κ2) is 7.41. The van der Waals surface area contributed by atoms with E-state index in [0.717, 1.165) is 36.3 Å². The zero-order valence-electron chi connectivity index (χ0n) is 15.6. The fourth-order valence-electron chi connectivity index (χ4n) is 3.60. The number of carboxylic acids is 1. The number of carboxylic acid groups (broad SMARTS) is 1. The first kappa shape index (κ1) is 18.9. The minimum atomic E-state index is -0.736. The molecule has 140 valence electrons. The van der Waals surface area contributed by atoms with Crippen molar-refractivity contribution < 1.29 is 9.90 Å². The SMILES string of the molecule is CC(C)(C)c1nn(-c2ccccc2Cl)cc1CN1CCCCC1C(=O)O. The number of likely N-dealkylation sites (tertiary alicyclic amines) is 1. The van der Waals surface area contributed by atoms with Crippen molar-refractivity contribution in [3.8, 4) is 5.69 Å². The third-order valence-electron chi connectivity index (χ3n) is 4.87. The Morgan fingerprint density at radius 3 is 2.69 bits per heavy atom. The second-order valence-corrected chi connectivity index (χ2v) is 8.38. The van der Waals surface area contributed by atoms with Crippen LogP contribution in [0.25, 0.3) is 5.69 Å². The number of aliphatic carboxylic acids is 1. The van der Waals surface area contributed by atoms with Gasteiger partial charge in [-0.3, -0.25) is 9.69 Å². The zero-order valence-corrected chi connectivity index (χ0v) is 16.3. The van der Waals surface area contributed by atoms with Gasteiger partial charge in [-0.2, -0.15) is 5.10 Å². The average molecular weight is 376 g/mol. The number of halogens is 1. The maximum Gasteiger partial charge on any atom is 0.320 e. The van der Waals surface area contributed by atoms with Gasteiger partial charge in [-0.05, 0) is 31.5 Å². The Balaban J connectivity index is 1.98. The van der Waals surface area contributed by atoms with E-state index in [2.05, 4.69) is 25.7 Å². The summed E-state index contributed by atoms with van der Waals surface area (Å²) in [7, 11) is 0. The highest BCUT2D eigenvalue weighted by atomic mass is 35.5. The molecule has 0 saturated carbocycles. The van der Waals surface area contributed by atoms with Crippen molar-refractivity contribution in [3.63, 3.8) is 0 Å². The molecule has 1 saturated heterocycles. The molecule has 0 bridgehead atoms. The maximum absolute atomic E-state index is 11.6. The molecule has 1 aliphatic heterocycles. The predicted molar refractivity (Wildman–Crippen MR) is 103 cm³/mol. The fraction of sp³-hybridized carbons (Fsp3) is 0.500. The molecule has 1 N–H and O–H groups in total. The van der Waals surface area contributed by atoms with Crippen LogP contribution in [0, 0.1) is 0 Å². The quantitative estimate of drug-likeness (QED) is 0.867. The first-order valence-electron chi connectivity index (χ1n) is 9.08. The van der Waals surface area contributed by atoms with Gasteiger partial charge in [0.05, 0.1) is 16.4 Å². The van der Waals surface area contributed by atoms with Gasteiger partial charge in [-0.25, -0.2) is 4.68 Å². The summed E-state index contributed by atoms with van der Waals surface area (Å²) in [5.41, 5.74) is 2.73. The van der Waals surface area contributed by atoms with Crippen molar-refractivity contribution in [1.29, 1.82) is 0 Å². The van der Waals surface area contributed by atoms with Gasteiger partial charge in [0.15, 0.2) is 0 Å². The minimum absolute atomic E-state index is 0.143. The monoisotopic (exact) mass is 375 g/mol. The van der Waals surface area contributed by atoms with Crippen LogP contribution in [0.1, 0.15) is 51.3 Å². The smallest absolute Gasteiger partial charge is 0.320 e. The molecule has 1 aromatic heterocycles. The van der Waals surface area contributed by atoms with E-state index in [1.807, 2.05) is 35.1 Å². The van der Waals surface area contributed by atoms with Crippen molar-refractivity contribution in [1.82, 2.24) is 14.7 Å². The van der Waals surface area contributed by atoms with E-state index in [9.17, 15) is 9.90 Å². The van der Waals surface area contributed by atoms with E-state index >= 15 is 0 Å². The Morgan fingerprint density at radius 2 is 2.04 bits per heavy atom. The van der Waals surface area contributed by atoms with Crippen LogP contribution in [0.4, 0.5) is 0 Å². The lowest BCUT2D eigenvalue weighted by Crippen LogP contribution is -2.44. The molecule has 1 aliphatic rings. The Kier molecular flexibility index (Phi) is 5.39. The number of hydrogen-bond acceptors (Lipinski definition) is 3. The normalized spacial score (nSPS) is 18.8. The summed E-state index contributed by atoms with van der Waals surface area (Å²) in [5, 5.41) is 15.0. The topological polar surface area (TPSA) is 58.4 Å². The van der Waals surface area contributed by atoms with E-state index < -0.39 is 12.0 Å². The maximum atomic E-state index is 11.6. The lowest BCUT2D eigenvalue weighted by atomic mass is 9.89. The molecule has 0 amide bonds. The van der Waals surface area contributed by atoms with Gasteiger partial charge >= 0.3 is 5.97 Å². The van der Waals surface area contributed by atoms with Gasteiger partial charge in [0.1, 0.15) is 6.04 Å². The molecule has 1 unspecified atom stereocenters. The molecule has 2 aromatic rings. The van der Waals surface area contributed by atoms with Gasteiger partial charge in [-0.1, -0.05) is 50.9 Å². The predicted octanol–water partition coefficient (Wildman–Crippen LogP) is 4.26. The number of nitrogens with zero attached hydrogens (tertiary/aromatic N) is 3. The van der Waals surface area contributed by atoms with E-state index in [1.165, 1.54) is 0 Å². The van der Waals surface area contributed by atoms with Crippen LogP contribution in [0.3, 0.4) is 0 Å². The van der Waals surface area contributed by atoms with Crippen molar-refractivity contribution in [2.45, 2.75) is 58.0 Å². The molecule has 3 rings (SSSR count). The third-order valence-corrected chi connectivity index (χ3v) is 5.19. The van der Waals surface area contributed by atoms with Gasteiger partial charge in [-0.15, -0.1) is 0 Å². The molecule has 6 heteroatoms. The number of hydrogen-bond donors (Lipinski definition) is 1. The fourth-order valence-corrected chi connectivity index (χ4v) is 3.82. The van der Waals surface area contributed by atoms with Crippen LogP contribution in [0.2, 0.25) is 5.02 Å². The summed E-state index contributed by atoms with van der Waals surface area (Å²) in [4.78, 5) is 13.7. The number of carbonyl (C=O) groups is 1. The Morgan fingerprint density at radius 1 is 1.31 bits per heavy atom. The minimum Gasteiger partial charge on any atom is -0.480 e. The summed E-state index contributed by atoms with van der Waals surface area (Å²) in [6.07, 6.45) is 4.71. The van der Waals surface area contributed by atoms with Crippen LogP contribution in [-0.4, -0.2) is 38.3 Å². The summed E-state index contributed by atoms with van der Waals surface area (Å²) in [6, 6.07) is 7.20. The molecule has 0 radical (unpaired) electrons. The largest absolute Gasteiger partial charge is 0.480 e. The van der Waals surface area contributed by atoms with Crippen LogP contribution < -0.4 is 0 Å². The standard InChI is InChI=1S/C20H26ClN3O2/c1-20(2,3)18-14(12-23-11-7-6-10-17(23)19(25)26)13-24(22-18)16-9-5-4-8-15(16)21/h4-5,8-9,13,17H,6-7,10-12H2,1-3H3,(H,25,26). The second-order valence-electron chi connectivity index (χ2n) is 7.97. The molecular formula is C20H26ClN3O2. The molecular weight excluding hydrogens is 350 g/mol. The van der Waals surface area contributed by atoms with E-state index in [-0.39, 0.29) is 5.41 Å². The highest BCUT2D eigenvalue weighted by molar-refractivity contribution is 6.32. The zero-order chi connectivity index (χ0) is 18.9. The highest BCUT2D eigenvalue weighted by Gasteiger charge is 2.31. The summed E-state index contributed by atoms with van der Waals surface area (Å²) in [5.74, 6) is -0.736. The van der Waals surface area contributed by atoms with Gasteiger partial charge < -0.3 is 5.11 Å². The lowest BCUT2D eigenvalue weighted by molar-refractivity contribution is -0.144. The first-order chi connectivity index (χ1) is 12.3. The lowest BCUT2D eigenvalue weighted by Gasteiger charge is -2.33. The number of piperidine rings is 1. The van der Waals surface area contributed by atoms with Gasteiger partial charge in [0.25, 0.3) is 0 Å². The third kappa shape index (κ3) is 3.94. The van der Waals surface area contributed by atoms with Crippen LogP contribution in [-0.2, 0) is 16.8 Å². The average Bonchev–Trinajstić information content (AvgIpc) is 2.99. The summed E-state index contributed by atoms with van der Waals surface area (Å²) >= 11 is 6.34. The van der Waals surface area contributed by atoms with Crippen LogP contribution >= 0.6 is 11.6 Å².